The molecule has 3 aliphatic rings. The number of hydrogen-bond acceptors (Lipinski definition) is 3. The minimum atomic E-state index is 0.486. The van der Waals surface area contributed by atoms with Gasteiger partial charge in [-0.25, -0.2) is 4.68 Å². The standard InChI is InChI=1S/C21H38N6/c1-2-9-20(21-22-23-24-27(21)19-12-7-4-8-13-19)26-16-14-25(15-17-26)18-10-5-3-6-11-18/h18-20H,2-17H2,1H3/p+2/t20-/m0/s1. The molecule has 1 atom stereocenters. The Morgan fingerprint density at radius 1 is 0.926 bits per heavy atom. The molecule has 2 N–H and O–H groups in total. The van der Waals surface area contributed by atoms with Crippen molar-refractivity contribution in [3.63, 3.8) is 0 Å². The van der Waals surface area contributed by atoms with Crippen LogP contribution in [0.1, 0.15) is 102 Å². The molecule has 1 saturated heterocycles. The minimum Gasteiger partial charge on any atom is -0.323 e. The summed E-state index contributed by atoms with van der Waals surface area (Å²) in [5.74, 6) is 1.18. The number of piperazine rings is 1. The number of tetrazole rings is 1. The van der Waals surface area contributed by atoms with Crippen LogP contribution in [-0.2, 0) is 0 Å². The Hall–Kier alpha value is -1.01. The van der Waals surface area contributed by atoms with Gasteiger partial charge in [-0.1, -0.05) is 39.0 Å². The molecule has 0 unspecified atom stereocenters. The molecule has 2 heterocycles. The average molecular weight is 377 g/mol. The first-order chi connectivity index (χ1) is 13.4. The van der Waals surface area contributed by atoms with Crippen LogP contribution in [0.25, 0.3) is 0 Å². The van der Waals surface area contributed by atoms with Crippen LogP contribution in [0, 0.1) is 0 Å². The van der Waals surface area contributed by atoms with E-state index in [9.17, 15) is 0 Å². The van der Waals surface area contributed by atoms with Gasteiger partial charge in [0, 0.05) is 6.42 Å². The van der Waals surface area contributed by atoms with Crippen LogP contribution in [0.15, 0.2) is 0 Å². The minimum absolute atomic E-state index is 0.486. The number of aromatic nitrogens is 4. The molecular formula is C21H40N6+2. The van der Waals surface area contributed by atoms with Crippen molar-refractivity contribution in [3.8, 4) is 0 Å². The lowest BCUT2D eigenvalue weighted by Crippen LogP contribution is -3.29. The Morgan fingerprint density at radius 3 is 2.26 bits per heavy atom. The molecule has 0 amide bonds. The van der Waals surface area contributed by atoms with Crippen LogP contribution < -0.4 is 9.80 Å². The number of hydrogen-bond donors (Lipinski definition) is 2. The van der Waals surface area contributed by atoms with Crippen LogP contribution in [0.4, 0.5) is 0 Å². The molecule has 152 valence electrons. The summed E-state index contributed by atoms with van der Waals surface area (Å²) in [7, 11) is 0. The van der Waals surface area contributed by atoms with Crippen LogP contribution in [0.3, 0.4) is 0 Å². The van der Waals surface area contributed by atoms with E-state index in [0.717, 1.165) is 6.04 Å². The Bertz CT molecular complexity index is 553. The molecule has 6 heteroatoms. The van der Waals surface area contributed by atoms with E-state index in [4.69, 9.17) is 0 Å². The third-order valence-corrected chi connectivity index (χ3v) is 7.54. The maximum atomic E-state index is 4.57. The summed E-state index contributed by atoms with van der Waals surface area (Å²) in [5, 5.41) is 13.2. The van der Waals surface area contributed by atoms with Gasteiger partial charge >= 0.3 is 0 Å². The van der Waals surface area contributed by atoms with Gasteiger partial charge < -0.3 is 9.80 Å². The smallest absolute Gasteiger partial charge is 0.209 e. The summed E-state index contributed by atoms with van der Waals surface area (Å²) in [6.45, 7) is 7.56. The number of nitrogens with one attached hydrogen (secondary N) is 2. The van der Waals surface area contributed by atoms with Crippen molar-refractivity contribution < 1.29 is 9.80 Å². The van der Waals surface area contributed by atoms with E-state index in [2.05, 4.69) is 27.1 Å². The molecule has 6 nitrogen and oxygen atoms in total. The first-order valence-corrected chi connectivity index (χ1v) is 11.8. The number of nitrogens with zero attached hydrogens (tertiary/aromatic N) is 4. The lowest BCUT2D eigenvalue weighted by molar-refractivity contribution is -1.04. The Labute approximate surface area is 164 Å². The first-order valence-electron chi connectivity index (χ1n) is 11.8. The highest BCUT2D eigenvalue weighted by Crippen LogP contribution is 2.29. The Kier molecular flexibility index (Phi) is 6.77. The molecule has 1 aliphatic heterocycles. The van der Waals surface area contributed by atoms with E-state index in [0.29, 0.717) is 12.1 Å². The van der Waals surface area contributed by atoms with E-state index in [-0.39, 0.29) is 0 Å². The topological polar surface area (TPSA) is 52.5 Å². The molecule has 1 aromatic heterocycles. The maximum Gasteiger partial charge on any atom is 0.209 e. The summed E-state index contributed by atoms with van der Waals surface area (Å²) in [4.78, 5) is 3.63. The lowest BCUT2D eigenvalue weighted by Gasteiger charge is -2.38. The Morgan fingerprint density at radius 2 is 1.59 bits per heavy atom. The number of quaternary nitrogens is 2. The third-order valence-electron chi connectivity index (χ3n) is 7.54. The van der Waals surface area contributed by atoms with E-state index in [1.165, 1.54) is 109 Å². The fourth-order valence-corrected chi connectivity index (χ4v) is 5.98. The third kappa shape index (κ3) is 4.53. The van der Waals surface area contributed by atoms with Crippen LogP contribution in [0.2, 0.25) is 0 Å². The van der Waals surface area contributed by atoms with Crippen molar-refractivity contribution in [1.82, 2.24) is 20.2 Å². The van der Waals surface area contributed by atoms with Crippen molar-refractivity contribution >= 4 is 0 Å². The predicted octanol–water partition coefficient (Wildman–Crippen LogP) is 1.14. The SMILES string of the molecule is CCC[C@@H](c1nnnn1C1CCCCC1)[NH+]1CC[NH+](C2CCCCC2)CC1. The van der Waals surface area contributed by atoms with Gasteiger partial charge in [-0.3, -0.25) is 0 Å². The van der Waals surface area contributed by atoms with Crippen molar-refractivity contribution in [2.45, 2.75) is 102 Å². The molecule has 0 bridgehead atoms. The normalized spacial score (nSPS) is 29.7. The summed E-state index contributed by atoms with van der Waals surface area (Å²) in [6.07, 6.45) is 16.3. The first kappa shape index (κ1) is 19.3. The van der Waals surface area contributed by atoms with Crippen LogP contribution in [0.5, 0.6) is 0 Å². The summed E-state index contributed by atoms with van der Waals surface area (Å²) in [6, 6.07) is 1.97. The maximum absolute atomic E-state index is 4.57. The fourth-order valence-electron chi connectivity index (χ4n) is 5.98. The fraction of sp³-hybridized carbons (Fsp3) is 0.952. The van der Waals surface area contributed by atoms with E-state index in [1.54, 1.807) is 4.90 Å². The largest absolute Gasteiger partial charge is 0.323 e. The lowest BCUT2D eigenvalue weighted by atomic mass is 9.93. The quantitative estimate of drug-likeness (QED) is 0.783. The van der Waals surface area contributed by atoms with Gasteiger partial charge in [-0.05, 0) is 49.0 Å². The van der Waals surface area contributed by atoms with Crippen molar-refractivity contribution in [2.75, 3.05) is 26.2 Å². The predicted molar refractivity (Wildman–Crippen MR) is 106 cm³/mol. The summed E-state index contributed by atoms with van der Waals surface area (Å²) >= 11 is 0. The van der Waals surface area contributed by atoms with Gasteiger partial charge in [0.2, 0.25) is 5.82 Å². The van der Waals surface area contributed by atoms with Crippen molar-refractivity contribution in [3.05, 3.63) is 5.82 Å². The molecule has 3 fully saturated rings. The summed E-state index contributed by atoms with van der Waals surface area (Å²) < 4.78 is 2.23. The van der Waals surface area contributed by atoms with Gasteiger partial charge in [0.05, 0.1) is 12.1 Å². The second kappa shape index (κ2) is 9.46. The molecule has 2 saturated carbocycles. The molecular weight excluding hydrogens is 336 g/mol. The second-order valence-electron chi connectivity index (χ2n) is 9.27. The molecule has 2 aliphatic carbocycles. The second-order valence-corrected chi connectivity index (χ2v) is 9.27. The molecule has 27 heavy (non-hydrogen) atoms. The van der Waals surface area contributed by atoms with Crippen LogP contribution >= 0.6 is 0 Å². The molecule has 0 radical (unpaired) electrons. The van der Waals surface area contributed by atoms with Gasteiger partial charge in [0.25, 0.3) is 0 Å². The highest BCUT2D eigenvalue weighted by atomic mass is 15.6. The number of rotatable bonds is 6. The van der Waals surface area contributed by atoms with Gasteiger partial charge in [-0.15, -0.1) is 5.10 Å². The molecule has 4 rings (SSSR count). The van der Waals surface area contributed by atoms with Gasteiger partial charge in [-0.2, -0.15) is 0 Å². The monoisotopic (exact) mass is 376 g/mol. The zero-order chi connectivity index (χ0) is 18.5. The van der Waals surface area contributed by atoms with E-state index < -0.39 is 0 Å². The highest BCUT2D eigenvalue weighted by molar-refractivity contribution is 4.91. The summed E-state index contributed by atoms with van der Waals surface area (Å²) in [5.41, 5.74) is 0. The van der Waals surface area contributed by atoms with Gasteiger partial charge in [0.15, 0.2) is 0 Å². The average Bonchev–Trinajstić information content (AvgIpc) is 3.23. The van der Waals surface area contributed by atoms with Gasteiger partial charge in [0.1, 0.15) is 32.2 Å². The highest BCUT2D eigenvalue weighted by Gasteiger charge is 2.37. The van der Waals surface area contributed by atoms with Crippen molar-refractivity contribution in [2.24, 2.45) is 0 Å². The zero-order valence-electron chi connectivity index (χ0n) is 17.3. The molecule has 0 spiro atoms. The molecule has 1 aromatic rings. The molecule has 0 aromatic carbocycles. The van der Waals surface area contributed by atoms with E-state index in [1.807, 2.05) is 4.90 Å². The van der Waals surface area contributed by atoms with E-state index >= 15 is 0 Å². The Balaban J connectivity index is 1.42. The van der Waals surface area contributed by atoms with Crippen LogP contribution in [-0.4, -0.2) is 52.4 Å². The van der Waals surface area contributed by atoms with Crippen molar-refractivity contribution in [1.29, 1.82) is 0 Å². The zero-order valence-corrected chi connectivity index (χ0v) is 17.3.